The van der Waals surface area contributed by atoms with E-state index < -0.39 is 10.0 Å². The van der Waals surface area contributed by atoms with Crippen molar-refractivity contribution in [3.05, 3.63) is 0 Å². The maximum absolute atomic E-state index is 12.2. The summed E-state index contributed by atoms with van der Waals surface area (Å²) in [4.78, 5) is 11.5. The van der Waals surface area contributed by atoms with Crippen molar-refractivity contribution in [2.24, 2.45) is 5.92 Å². The molecule has 0 aromatic carbocycles. The quantitative estimate of drug-likeness (QED) is 0.700. The SMILES string of the molecule is N#CCCCS(=O)(=O)N1CCC(=O)CC1C1CC1. The molecule has 2 rings (SSSR count). The first-order chi connectivity index (χ1) is 8.54. The minimum absolute atomic E-state index is 0.0258. The van der Waals surface area contributed by atoms with E-state index in [0.29, 0.717) is 31.7 Å². The molecule has 18 heavy (non-hydrogen) atoms. The second-order valence-electron chi connectivity index (χ2n) is 5.09. The Balaban J connectivity index is 2.04. The lowest BCUT2D eigenvalue weighted by Crippen LogP contribution is -2.48. The Kier molecular flexibility index (Phi) is 4.03. The van der Waals surface area contributed by atoms with Gasteiger partial charge in [-0.25, -0.2) is 8.42 Å². The molecule has 6 heteroatoms. The van der Waals surface area contributed by atoms with E-state index in [0.717, 1.165) is 12.8 Å². The topological polar surface area (TPSA) is 78.2 Å². The van der Waals surface area contributed by atoms with E-state index in [4.69, 9.17) is 5.26 Å². The van der Waals surface area contributed by atoms with Crippen LogP contribution in [0.4, 0.5) is 0 Å². The lowest BCUT2D eigenvalue weighted by atomic mass is 10.00. The van der Waals surface area contributed by atoms with Crippen molar-refractivity contribution in [2.45, 2.75) is 44.6 Å². The van der Waals surface area contributed by atoms with Gasteiger partial charge in [-0.3, -0.25) is 4.79 Å². The summed E-state index contributed by atoms with van der Waals surface area (Å²) in [7, 11) is -3.30. The molecule has 1 heterocycles. The van der Waals surface area contributed by atoms with Crippen LogP contribution < -0.4 is 0 Å². The van der Waals surface area contributed by atoms with Crippen LogP contribution in [0.15, 0.2) is 0 Å². The molecule has 0 aromatic heterocycles. The lowest BCUT2D eigenvalue weighted by molar-refractivity contribution is -0.122. The molecular weight excluding hydrogens is 252 g/mol. The highest BCUT2D eigenvalue weighted by Crippen LogP contribution is 2.39. The number of ketones is 1. The molecule has 0 spiro atoms. The van der Waals surface area contributed by atoms with E-state index in [1.165, 1.54) is 4.31 Å². The second kappa shape index (κ2) is 5.37. The molecule has 1 unspecified atom stereocenters. The van der Waals surface area contributed by atoms with E-state index in [-0.39, 0.29) is 24.0 Å². The highest BCUT2D eigenvalue weighted by molar-refractivity contribution is 7.89. The largest absolute Gasteiger partial charge is 0.300 e. The zero-order valence-electron chi connectivity index (χ0n) is 10.3. The number of nitrogens with zero attached hydrogens (tertiary/aromatic N) is 2. The fourth-order valence-electron chi connectivity index (χ4n) is 2.52. The normalized spacial score (nSPS) is 25.9. The third kappa shape index (κ3) is 3.09. The number of hydrogen-bond donors (Lipinski definition) is 0. The molecule has 5 nitrogen and oxygen atoms in total. The zero-order chi connectivity index (χ0) is 13.2. The lowest BCUT2D eigenvalue weighted by Gasteiger charge is -2.34. The number of piperidine rings is 1. The molecule has 2 fully saturated rings. The Morgan fingerprint density at radius 3 is 2.72 bits per heavy atom. The molecule has 0 radical (unpaired) electrons. The van der Waals surface area contributed by atoms with E-state index in [2.05, 4.69) is 0 Å². The molecule has 100 valence electrons. The third-order valence-corrected chi connectivity index (χ3v) is 5.60. The van der Waals surface area contributed by atoms with Crippen LogP contribution in [0.5, 0.6) is 0 Å². The van der Waals surface area contributed by atoms with Crippen LogP contribution in [-0.4, -0.2) is 36.8 Å². The summed E-state index contributed by atoms with van der Waals surface area (Å²) in [6.07, 6.45) is 3.41. The van der Waals surface area contributed by atoms with Gasteiger partial charge in [0.25, 0.3) is 0 Å². The van der Waals surface area contributed by atoms with Gasteiger partial charge in [0.2, 0.25) is 10.0 Å². The Hall–Kier alpha value is -0.930. The van der Waals surface area contributed by atoms with Crippen molar-refractivity contribution in [2.75, 3.05) is 12.3 Å². The van der Waals surface area contributed by atoms with Crippen molar-refractivity contribution >= 4 is 15.8 Å². The van der Waals surface area contributed by atoms with Crippen LogP contribution in [0.3, 0.4) is 0 Å². The first kappa shape index (κ1) is 13.5. The van der Waals surface area contributed by atoms with Crippen LogP contribution in [0.1, 0.15) is 38.5 Å². The van der Waals surface area contributed by atoms with Crippen molar-refractivity contribution < 1.29 is 13.2 Å². The van der Waals surface area contributed by atoms with Gasteiger partial charge >= 0.3 is 0 Å². The van der Waals surface area contributed by atoms with Gasteiger partial charge in [-0.15, -0.1) is 0 Å². The minimum Gasteiger partial charge on any atom is -0.300 e. The fourth-order valence-corrected chi connectivity index (χ4v) is 4.29. The zero-order valence-corrected chi connectivity index (χ0v) is 11.2. The number of Topliss-reactive ketones (excluding diaryl/α,β-unsaturated/α-hetero) is 1. The van der Waals surface area contributed by atoms with E-state index in [1.807, 2.05) is 6.07 Å². The summed E-state index contributed by atoms with van der Waals surface area (Å²) in [5, 5.41) is 8.46. The average Bonchev–Trinajstić information content (AvgIpc) is 3.12. The summed E-state index contributed by atoms with van der Waals surface area (Å²) in [5.74, 6) is 0.577. The van der Waals surface area contributed by atoms with E-state index in [1.54, 1.807) is 0 Å². The highest BCUT2D eigenvalue weighted by Gasteiger charge is 2.43. The average molecular weight is 270 g/mol. The number of carbonyl (C=O) groups is 1. The minimum atomic E-state index is -3.30. The molecule has 1 aliphatic heterocycles. The summed E-state index contributed by atoms with van der Waals surface area (Å²) >= 11 is 0. The van der Waals surface area contributed by atoms with Gasteiger partial charge in [-0.05, 0) is 25.2 Å². The first-order valence-corrected chi connectivity index (χ1v) is 8.03. The number of hydrogen-bond acceptors (Lipinski definition) is 4. The van der Waals surface area contributed by atoms with Crippen LogP contribution in [-0.2, 0) is 14.8 Å². The predicted molar refractivity (Wildman–Crippen MR) is 66.1 cm³/mol. The maximum Gasteiger partial charge on any atom is 0.214 e. The van der Waals surface area contributed by atoms with Gasteiger partial charge in [-0.2, -0.15) is 9.57 Å². The third-order valence-electron chi connectivity index (χ3n) is 3.63. The Bertz CT molecular complexity index is 462. The van der Waals surface area contributed by atoms with Crippen molar-refractivity contribution in [3.8, 4) is 6.07 Å². The monoisotopic (exact) mass is 270 g/mol. The van der Waals surface area contributed by atoms with Crippen LogP contribution in [0.2, 0.25) is 0 Å². The van der Waals surface area contributed by atoms with Gasteiger partial charge in [-0.1, -0.05) is 0 Å². The molecule has 1 saturated carbocycles. The predicted octanol–water partition coefficient (Wildman–Crippen LogP) is 1.06. The molecule has 0 amide bonds. The number of carbonyl (C=O) groups excluding carboxylic acids is 1. The van der Waals surface area contributed by atoms with Gasteiger partial charge in [0.15, 0.2) is 0 Å². The number of rotatable bonds is 5. The maximum atomic E-state index is 12.2. The molecule has 0 bridgehead atoms. The van der Waals surface area contributed by atoms with Gasteiger partial charge in [0, 0.05) is 31.8 Å². The molecule has 1 atom stereocenters. The molecule has 1 aliphatic carbocycles. The molecule has 1 saturated heterocycles. The van der Waals surface area contributed by atoms with Crippen molar-refractivity contribution in [1.29, 1.82) is 5.26 Å². The Labute approximate surface area is 108 Å². The molecular formula is C12H18N2O3S. The Morgan fingerprint density at radius 1 is 1.39 bits per heavy atom. The summed E-state index contributed by atoms with van der Waals surface area (Å²) in [5.41, 5.74) is 0. The summed E-state index contributed by atoms with van der Waals surface area (Å²) in [6.45, 7) is 0.328. The number of nitriles is 1. The molecule has 0 aromatic rings. The smallest absolute Gasteiger partial charge is 0.214 e. The molecule has 0 N–H and O–H groups in total. The van der Waals surface area contributed by atoms with Gasteiger partial charge < -0.3 is 0 Å². The summed E-state index contributed by atoms with van der Waals surface area (Å²) < 4.78 is 26.0. The van der Waals surface area contributed by atoms with Gasteiger partial charge in [0.05, 0.1) is 11.8 Å². The first-order valence-electron chi connectivity index (χ1n) is 6.43. The second-order valence-corrected chi connectivity index (χ2v) is 7.13. The van der Waals surface area contributed by atoms with Crippen molar-refractivity contribution in [3.63, 3.8) is 0 Å². The van der Waals surface area contributed by atoms with Crippen LogP contribution >= 0.6 is 0 Å². The summed E-state index contributed by atoms with van der Waals surface area (Å²) in [6, 6.07) is 1.85. The van der Waals surface area contributed by atoms with Crippen molar-refractivity contribution in [1.82, 2.24) is 4.31 Å². The molecule has 2 aliphatic rings. The number of sulfonamides is 1. The number of unbranched alkanes of at least 4 members (excludes halogenated alkanes) is 1. The highest BCUT2D eigenvalue weighted by atomic mass is 32.2. The van der Waals surface area contributed by atoms with Gasteiger partial charge in [0.1, 0.15) is 5.78 Å². The standard InChI is InChI=1S/C12H18N2O3S/c13-6-1-2-8-18(16,17)14-7-5-11(15)9-12(14)10-3-4-10/h10,12H,1-5,7-9H2. The van der Waals surface area contributed by atoms with Crippen LogP contribution in [0.25, 0.3) is 0 Å². The fraction of sp³-hybridized carbons (Fsp3) is 0.833. The van der Waals surface area contributed by atoms with E-state index in [9.17, 15) is 13.2 Å². The Morgan fingerprint density at radius 2 is 2.11 bits per heavy atom. The van der Waals surface area contributed by atoms with E-state index >= 15 is 0 Å². The van der Waals surface area contributed by atoms with Crippen LogP contribution in [0, 0.1) is 17.2 Å².